The summed E-state index contributed by atoms with van der Waals surface area (Å²) in [6, 6.07) is 6.54. The summed E-state index contributed by atoms with van der Waals surface area (Å²) >= 11 is 0. The molecule has 102 valence electrons. The number of aromatic nitrogens is 2. The molecule has 0 spiro atoms. The van der Waals surface area contributed by atoms with Crippen molar-refractivity contribution in [2.45, 2.75) is 11.3 Å². The van der Waals surface area contributed by atoms with Crippen molar-refractivity contribution < 1.29 is 12.8 Å². The summed E-state index contributed by atoms with van der Waals surface area (Å²) in [6.45, 7) is 0.263. The van der Waals surface area contributed by atoms with Gasteiger partial charge in [0.05, 0.1) is 4.90 Å². The number of hydrogen-bond acceptors (Lipinski definition) is 3. The molecule has 1 heterocycles. The van der Waals surface area contributed by atoms with E-state index in [0.717, 1.165) is 17.8 Å². The molecule has 0 aliphatic heterocycles. The van der Waals surface area contributed by atoms with Crippen molar-refractivity contribution in [1.29, 1.82) is 0 Å². The molecule has 19 heavy (non-hydrogen) atoms. The average Bonchev–Trinajstić information content (AvgIpc) is 2.75. The van der Waals surface area contributed by atoms with Crippen LogP contribution < -0.4 is 4.72 Å². The number of aryl methyl sites for hydroxylation is 1. The van der Waals surface area contributed by atoms with E-state index in [4.69, 9.17) is 0 Å². The SMILES string of the molecule is Cn1nccc1CCNS(=O)(=O)c1ccc(F)cc1. The first kappa shape index (κ1) is 13.7. The van der Waals surface area contributed by atoms with Crippen LogP contribution in [0.2, 0.25) is 0 Å². The summed E-state index contributed by atoms with van der Waals surface area (Å²) < 4.78 is 40.7. The highest BCUT2D eigenvalue weighted by atomic mass is 32.2. The lowest BCUT2D eigenvalue weighted by atomic mass is 10.3. The van der Waals surface area contributed by atoms with Crippen LogP contribution in [0.4, 0.5) is 4.39 Å². The van der Waals surface area contributed by atoms with Crippen molar-refractivity contribution in [2.24, 2.45) is 7.05 Å². The van der Waals surface area contributed by atoms with Crippen LogP contribution in [0.5, 0.6) is 0 Å². The standard InChI is InChI=1S/C12H14FN3O2S/c1-16-11(6-8-14-16)7-9-15-19(17,18)12-4-2-10(13)3-5-12/h2-6,8,15H,7,9H2,1H3. The maximum absolute atomic E-state index is 12.7. The number of benzene rings is 1. The second kappa shape index (κ2) is 5.50. The summed E-state index contributed by atoms with van der Waals surface area (Å²) in [6.07, 6.45) is 2.20. The van der Waals surface area contributed by atoms with Crippen LogP contribution in [-0.4, -0.2) is 24.7 Å². The van der Waals surface area contributed by atoms with Gasteiger partial charge in [-0.25, -0.2) is 17.5 Å². The Morgan fingerprint density at radius 2 is 1.95 bits per heavy atom. The first-order valence-corrected chi connectivity index (χ1v) is 7.19. The van der Waals surface area contributed by atoms with E-state index >= 15 is 0 Å². The molecule has 0 atom stereocenters. The number of halogens is 1. The minimum absolute atomic E-state index is 0.0545. The number of hydrogen-bond donors (Lipinski definition) is 1. The second-order valence-electron chi connectivity index (χ2n) is 4.05. The Balaban J connectivity index is 1.98. The van der Waals surface area contributed by atoms with Gasteiger partial charge in [0.2, 0.25) is 10.0 Å². The highest BCUT2D eigenvalue weighted by molar-refractivity contribution is 7.89. The van der Waals surface area contributed by atoms with Gasteiger partial charge in [-0.15, -0.1) is 0 Å². The van der Waals surface area contributed by atoms with E-state index in [0.29, 0.717) is 6.42 Å². The zero-order chi connectivity index (χ0) is 13.9. The third-order valence-electron chi connectivity index (χ3n) is 2.72. The van der Waals surface area contributed by atoms with E-state index in [1.165, 1.54) is 12.1 Å². The van der Waals surface area contributed by atoms with Crippen LogP contribution in [0, 0.1) is 5.82 Å². The van der Waals surface area contributed by atoms with Crippen LogP contribution in [-0.2, 0) is 23.5 Å². The molecule has 0 saturated heterocycles. The van der Waals surface area contributed by atoms with E-state index in [-0.39, 0.29) is 11.4 Å². The second-order valence-corrected chi connectivity index (χ2v) is 5.81. The summed E-state index contributed by atoms with van der Waals surface area (Å²) in [5, 5.41) is 4.00. The van der Waals surface area contributed by atoms with Gasteiger partial charge in [-0.3, -0.25) is 4.68 Å². The van der Waals surface area contributed by atoms with E-state index in [2.05, 4.69) is 9.82 Å². The van der Waals surface area contributed by atoms with Gasteiger partial charge < -0.3 is 0 Å². The molecule has 0 unspecified atom stereocenters. The topological polar surface area (TPSA) is 64.0 Å². The molecule has 0 fully saturated rings. The Morgan fingerprint density at radius 3 is 2.53 bits per heavy atom. The monoisotopic (exact) mass is 283 g/mol. The first-order chi connectivity index (χ1) is 8.99. The molecule has 1 N–H and O–H groups in total. The third kappa shape index (κ3) is 3.39. The molecule has 5 nitrogen and oxygen atoms in total. The Hall–Kier alpha value is -1.73. The molecule has 0 radical (unpaired) electrons. The summed E-state index contributed by atoms with van der Waals surface area (Å²) in [5.41, 5.74) is 0.932. The normalized spacial score (nSPS) is 11.7. The van der Waals surface area contributed by atoms with E-state index in [1.807, 2.05) is 6.07 Å². The van der Waals surface area contributed by atoms with Crippen LogP contribution >= 0.6 is 0 Å². The van der Waals surface area contributed by atoms with Gasteiger partial charge >= 0.3 is 0 Å². The van der Waals surface area contributed by atoms with Gasteiger partial charge in [-0.2, -0.15) is 5.10 Å². The van der Waals surface area contributed by atoms with Crippen molar-refractivity contribution >= 4 is 10.0 Å². The highest BCUT2D eigenvalue weighted by Crippen LogP contribution is 2.09. The van der Waals surface area contributed by atoms with E-state index < -0.39 is 15.8 Å². The van der Waals surface area contributed by atoms with E-state index in [9.17, 15) is 12.8 Å². The molecule has 1 aromatic carbocycles. The van der Waals surface area contributed by atoms with Crippen molar-refractivity contribution in [3.63, 3.8) is 0 Å². The summed E-state index contributed by atoms with van der Waals surface area (Å²) in [7, 11) is -1.79. The Labute approximate surface area is 111 Å². The minimum atomic E-state index is -3.59. The lowest BCUT2D eigenvalue weighted by molar-refractivity contribution is 0.579. The van der Waals surface area contributed by atoms with Gasteiger partial charge in [0, 0.05) is 31.9 Å². The zero-order valence-corrected chi connectivity index (χ0v) is 11.2. The number of nitrogens with one attached hydrogen (secondary N) is 1. The largest absolute Gasteiger partial charge is 0.273 e. The highest BCUT2D eigenvalue weighted by Gasteiger charge is 2.13. The lowest BCUT2D eigenvalue weighted by Gasteiger charge is -2.07. The molecule has 7 heteroatoms. The fourth-order valence-electron chi connectivity index (χ4n) is 1.66. The molecule has 0 amide bonds. The molecular weight excluding hydrogens is 269 g/mol. The predicted molar refractivity (Wildman–Crippen MR) is 68.5 cm³/mol. The first-order valence-electron chi connectivity index (χ1n) is 5.71. The molecule has 0 saturated carbocycles. The Bertz CT molecular complexity index is 650. The van der Waals surface area contributed by atoms with Gasteiger partial charge in [0.1, 0.15) is 5.82 Å². The van der Waals surface area contributed by atoms with Crippen LogP contribution in [0.3, 0.4) is 0 Å². The molecule has 2 aromatic rings. The van der Waals surface area contributed by atoms with Crippen molar-refractivity contribution in [1.82, 2.24) is 14.5 Å². The fourth-order valence-corrected chi connectivity index (χ4v) is 2.69. The van der Waals surface area contributed by atoms with Gasteiger partial charge in [-0.05, 0) is 30.3 Å². The smallest absolute Gasteiger partial charge is 0.240 e. The lowest BCUT2D eigenvalue weighted by Crippen LogP contribution is -2.26. The van der Waals surface area contributed by atoms with Gasteiger partial charge in [0.25, 0.3) is 0 Å². The van der Waals surface area contributed by atoms with Crippen LogP contribution in [0.15, 0.2) is 41.4 Å². The predicted octanol–water partition coefficient (Wildman–Crippen LogP) is 1.08. The molecule has 0 bridgehead atoms. The third-order valence-corrected chi connectivity index (χ3v) is 4.20. The van der Waals surface area contributed by atoms with Gasteiger partial charge in [0.15, 0.2) is 0 Å². The average molecular weight is 283 g/mol. The molecule has 2 rings (SSSR count). The van der Waals surface area contributed by atoms with Crippen molar-refractivity contribution in [3.05, 3.63) is 48.0 Å². The number of sulfonamides is 1. The van der Waals surface area contributed by atoms with Crippen molar-refractivity contribution in [3.8, 4) is 0 Å². The summed E-state index contributed by atoms with van der Waals surface area (Å²) in [4.78, 5) is 0.0545. The minimum Gasteiger partial charge on any atom is -0.273 e. The number of nitrogens with zero attached hydrogens (tertiary/aromatic N) is 2. The maximum Gasteiger partial charge on any atom is 0.240 e. The molecule has 0 aliphatic carbocycles. The fraction of sp³-hybridized carbons (Fsp3) is 0.250. The molecule has 1 aromatic heterocycles. The zero-order valence-electron chi connectivity index (χ0n) is 10.4. The van der Waals surface area contributed by atoms with Gasteiger partial charge in [-0.1, -0.05) is 0 Å². The number of rotatable bonds is 5. The summed E-state index contributed by atoms with van der Waals surface area (Å²) in [5.74, 6) is -0.464. The Morgan fingerprint density at radius 1 is 1.26 bits per heavy atom. The Kier molecular flexibility index (Phi) is 3.96. The quantitative estimate of drug-likeness (QED) is 0.893. The van der Waals surface area contributed by atoms with Crippen LogP contribution in [0.1, 0.15) is 5.69 Å². The maximum atomic E-state index is 12.7. The molecule has 0 aliphatic rings. The van der Waals surface area contributed by atoms with Crippen molar-refractivity contribution in [2.75, 3.05) is 6.54 Å². The molecular formula is C12H14FN3O2S. The van der Waals surface area contributed by atoms with Crippen LogP contribution in [0.25, 0.3) is 0 Å². The van der Waals surface area contributed by atoms with E-state index in [1.54, 1.807) is 17.9 Å².